The number of hydrogen-bond donors (Lipinski definition) is 1. The van der Waals surface area contributed by atoms with Gasteiger partial charge in [-0.05, 0) is 19.3 Å². The molecule has 6 nitrogen and oxygen atoms in total. The summed E-state index contributed by atoms with van der Waals surface area (Å²) < 4.78 is 54.0. The number of nitrogens with zero attached hydrogens (tertiary/aromatic N) is 4. The highest BCUT2D eigenvalue weighted by molar-refractivity contribution is 7.90. The Bertz CT molecular complexity index is 907. The quantitative estimate of drug-likeness (QED) is 0.657. The molecule has 0 aromatic carbocycles. The van der Waals surface area contributed by atoms with Crippen LogP contribution in [-0.2, 0) is 23.1 Å². The number of aromatic nitrogens is 4. The van der Waals surface area contributed by atoms with E-state index in [4.69, 9.17) is 0 Å². The molecule has 4 heterocycles. The fraction of sp³-hybridized carbons (Fsp3) is 0.438. The number of piperidine rings is 1. The van der Waals surface area contributed by atoms with Gasteiger partial charge in [0.05, 0.1) is 5.52 Å². The number of halogens is 3. The summed E-state index contributed by atoms with van der Waals surface area (Å²) in [5.74, 6) is -0.498. The lowest BCUT2D eigenvalue weighted by Gasteiger charge is -2.30. The second-order valence-corrected chi connectivity index (χ2v) is 8.38. The molecule has 0 radical (unpaired) electrons. The Labute approximate surface area is 160 Å². The predicted octanol–water partition coefficient (Wildman–Crippen LogP) is 3.73. The first-order valence-electron chi connectivity index (χ1n) is 8.40. The molecule has 1 aliphatic rings. The monoisotopic (exact) mass is 415 g/mol. The number of H-pyrrole nitrogens is 1. The highest BCUT2D eigenvalue weighted by Gasteiger charge is 2.41. The SMILES string of the molecule is [O-][S+](Cc1ncnc(N2CCCCC2)c1C(F)(F)F)c1nc2cscc2[nH]1. The number of thiophene rings is 1. The summed E-state index contributed by atoms with van der Waals surface area (Å²) >= 11 is -0.335. The van der Waals surface area contributed by atoms with Gasteiger partial charge in [0.1, 0.15) is 28.9 Å². The summed E-state index contributed by atoms with van der Waals surface area (Å²) in [7, 11) is 0. The Balaban J connectivity index is 1.67. The topological polar surface area (TPSA) is 80.8 Å². The first-order chi connectivity index (χ1) is 12.9. The highest BCUT2D eigenvalue weighted by Crippen LogP contribution is 2.39. The predicted molar refractivity (Wildman–Crippen MR) is 97.2 cm³/mol. The van der Waals surface area contributed by atoms with Gasteiger partial charge < -0.3 is 9.45 Å². The van der Waals surface area contributed by atoms with Gasteiger partial charge in [0.2, 0.25) is 0 Å². The van der Waals surface area contributed by atoms with E-state index in [2.05, 4.69) is 19.9 Å². The minimum atomic E-state index is -4.63. The molecule has 1 atom stereocenters. The third-order valence-electron chi connectivity index (χ3n) is 4.43. The molecule has 11 heteroatoms. The normalized spacial score (nSPS) is 16.8. The largest absolute Gasteiger partial charge is 0.609 e. The number of fused-ring (bicyclic) bond motifs is 1. The molecule has 1 saturated heterocycles. The Kier molecular flexibility index (Phi) is 4.99. The van der Waals surface area contributed by atoms with Gasteiger partial charge >= 0.3 is 11.3 Å². The Hall–Kier alpha value is -1.85. The number of rotatable bonds is 4. The van der Waals surface area contributed by atoms with Crippen LogP contribution in [0.15, 0.2) is 22.2 Å². The van der Waals surface area contributed by atoms with Gasteiger partial charge in [0.15, 0.2) is 5.75 Å². The smallest absolute Gasteiger partial charge is 0.421 e. The fourth-order valence-corrected chi connectivity index (χ4v) is 4.90. The average molecular weight is 415 g/mol. The van der Waals surface area contributed by atoms with Crippen LogP contribution in [0.1, 0.15) is 30.5 Å². The van der Waals surface area contributed by atoms with Crippen LogP contribution in [0.2, 0.25) is 0 Å². The molecule has 3 aromatic heterocycles. The van der Waals surface area contributed by atoms with E-state index in [1.165, 1.54) is 11.3 Å². The average Bonchev–Trinajstić information content (AvgIpc) is 3.23. The minimum Gasteiger partial charge on any atom is -0.609 e. The maximum absolute atomic E-state index is 13.8. The van der Waals surface area contributed by atoms with Crippen molar-refractivity contribution in [3.63, 3.8) is 0 Å². The molecule has 0 saturated carbocycles. The summed E-state index contributed by atoms with van der Waals surface area (Å²) in [6.45, 7) is 1.05. The first-order valence-corrected chi connectivity index (χ1v) is 10.7. The van der Waals surface area contributed by atoms with E-state index < -0.39 is 22.9 Å². The minimum absolute atomic E-state index is 0.121. The van der Waals surface area contributed by atoms with Crippen molar-refractivity contribution in [1.82, 2.24) is 19.9 Å². The van der Waals surface area contributed by atoms with Gasteiger partial charge in [-0.2, -0.15) is 18.2 Å². The van der Waals surface area contributed by atoms with Crippen molar-refractivity contribution < 1.29 is 17.7 Å². The highest BCUT2D eigenvalue weighted by atomic mass is 32.2. The van der Waals surface area contributed by atoms with Crippen molar-refractivity contribution in [1.29, 1.82) is 0 Å². The molecule has 0 aliphatic carbocycles. The van der Waals surface area contributed by atoms with E-state index in [1.54, 1.807) is 10.3 Å². The lowest BCUT2D eigenvalue weighted by Crippen LogP contribution is -2.33. The molecular weight excluding hydrogens is 399 g/mol. The summed E-state index contributed by atoms with van der Waals surface area (Å²) in [5.41, 5.74) is 0.204. The van der Waals surface area contributed by atoms with E-state index in [1.807, 2.05) is 5.38 Å². The third kappa shape index (κ3) is 3.76. The van der Waals surface area contributed by atoms with Gasteiger partial charge in [-0.3, -0.25) is 4.98 Å². The van der Waals surface area contributed by atoms with Crippen molar-refractivity contribution in [2.24, 2.45) is 0 Å². The second kappa shape index (κ2) is 7.28. The van der Waals surface area contributed by atoms with Crippen molar-refractivity contribution >= 4 is 39.4 Å². The zero-order chi connectivity index (χ0) is 19.0. The molecule has 27 heavy (non-hydrogen) atoms. The summed E-state index contributed by atoms with van der Waals surface area (Å²) in [4.78, 5) is 16.5. The molecule has 4 rings (SSSR count). The molecule has 1 fully saturated rings. The number of hydrogen-bond acceptors (Lipinski definition) is 6. The summed E-state index contributed by atoms with van der Waals surface area (Å²) in [5, 5.41) is 3.75. The Morgan fingerprint density at radius 1 is 1.19 bits per heavy atom. The van der Waals surface area contributed by atoms with E-state index >= 15 is 0 Å². The standard InChI is InChI=1S/C16H16F3N5OS2/c17-16(18,19)13-12(20-9-21-14(13)24-4-2-1-3-5-24)8-27(25)15-22-10-6-26-7-11(10)23-15/h6-7,9H,1-5,8H2,(H,22,23). The molecule has 0 spiro atoms. The van der Waals surface area contributed by atoms with Crippen LogP contribution in [-0.4, -0.2) is 37.6 Å². The van der Waals surface area contributed by atoms with Crippen LogP contribution in [0, 0.1) is 0 Å². The van der Waals surface area contributed by atoms with Crippen molar-refractivity contribution in [3.8, 4) is 0 Å². The lowest BCUT2D eigenvalue weighted by atomic mass is 10.1. The van der Waals surface area contributed by atoms with Gasteiger partial charge in [-0.1, -0.05) is 0 Å². The molecule has 0 bridgehead atoms. The van der Waals surface area contributed by atoms with E-state index in [-0.39, 0.29) is 22.4 Å². The van der Waals surface area contributed by atoms with E-state index in [9.17, 15) is 17.7 Å². The van der Waals surface area contributed by atoms with Crippen molar-refractivity contribution in [3.05, 3.63) is 28.3 Å². The third-order valence-corrected chi connectivity index (χ3v) is 6.32. The maximum atomic E-state index is 13.8. The Morgan fingerprint density at radius 3 is 2.67 bits per heavy atom. The van der Waals surface area contributed by atoms with E-state index in [0.717, 1.165) is 31.1 Å². The zero-order valence-electron chi connectivity index (χ0n) is 14.1. The number of aromatic amines is 1. The van der Waals surface area contributed by atoms with Crippen LogP contribution in [0.5, 0.6) is 0 Å². The molecule has 144 valence electrons. The molecule has 1 unspecified atom stereocenters. The number of alkyl halides is 3. The maximum Gasteiger partial charge on any atom is 0.421 e. The van der Waals surface area contributed by atoms with Crippen LogP contribution in [0.3, 0.4) is 0 Å². The van der Waals surface area contributed by atoms with Gasteiger partial charge in [0, 0.05) is 35.0 Å². The second-order valence-electron chi connectivity index (χ2n) is 6.27. The summed E-state index contributed by atoms with van der Waals surface area (Å²) in [6, 6.07) is 0. The number of anilines is 1. The zero-order valence-corrected chi connectivity index (χ0v) is 15.8. The molecular formula is C16H16F3N5OS2. The van der Waals surface area contributed by atoms with Gasteiger partial charge in [-0.15, -0.1) is 11.3 Å². The van der Waals surface area contributed by atoms with E-state index in [0.29, 0.717) is 18.6 Å². The molecule has 1 aliphatic heterocycles. The van der Waals surface area contributed by atoms with Crippen LogP contribution in [0.4, 0.5) is 19.0 Å². The fourth-order valence-electron chi connectivity index (χ4n) is 3.18. The van der Waals surface area contributed by atoms with Gasteiger partial charge in [0.25, 0.3) is 0 Å². The molecule has 0 amide bonds. The summed E-state index contributed by atoms with van der Waals surface area (Å²) in [6.07, 6.45) is -0.866. The number of imidazole rings is 1. The first kappa shape index (κ1) is 18.5. The van der Waals surface area contributed by atoms with Crippen LogP contribution in [0.25, 0.3) is 11.0 Å². The number of nitrogens with one attached hydrogen (secondary N) is 1. The lowest BCUT2D eigenvalue weighted by molar-refractivity contribution is -0.138. The van der Waals surface area contributed by atoms with Crippen molar-refractivity contribution in [2.75, 3.05) is 18.0 Å². The van der Waals surface area contributed by atoms with Crippen molar-refractivity contribution in [2.45, 2.75) is 36.3 Å². The molecule has 1 N–H and O–H groups in total. The molecule has 3 aromatic rings. The van der Waals surface area contributed by atoms with Gasteiger partial charge in [-0.25, -0.2) is 9.97 Å². The Morgan fingerprint density at radius 2 is 1.96 bits per heavy atom. The van der Waals surface area contributed by atoms with Crippen LogP contribution >= 0.6 is 11.3 Å². The van der Waals surface area contributed by atoms with Crippen LogP contribution < -0.4 is 4.90 Å².